The predicted molar refractivity (Wildman–Crippen MR) is 104 cm³/mol. The summed E-state index contributed by atoms with van der Waals surface area (Å²) in [6.07, 6.45) is -0.0383. The van der Waals surface area contributed by atoms with Gasteiger partial charge >= 0.3 is 5.97 Å². The summed E-state index contributed by atoms with van der Waals surface area (Å²) in [7, 11) is 0. The Kier molecular flexibility index (Phi) is 12.6. The van der Waals surface area contributed by atoms with Crippen molar-refractivity contribution in [3.8, 4) is 0 Å². The molecule has 0 aliphatic rings. The lowest BCUT2D eigenvalue weighted by atomic mass is 10.2. The first kappa shape index (κ1) is 25.2. The molecule has 0 saturated carbocycles. The van der Waals surface area contributed by atoms with Gasteiger partial charge in [0, 0.05) is 12.6 Å². The van der Waals surface area contributed by atoms with E-state index in [9.17, 15) is 25.0 Å². The molecule has 0 amide bonds. The number of aliphatic carboxylic acids is 1. The van der Waals surface area contributed by atoms with E-state index in [1.165, 1.54) is 12.1 Å². The third-order valence-corrected chi connectivity index (χ3v) is 3.53. The molecule has 13 heteroatoms. The molecule has 0 aliphatic heterocycles. The van der Waals surface area contributed by atoms with E-state index in [4.69, 9.17) is 24.1 Å². The molecule has 30 heavy (non-hydrogen) atoms. The van der Waals surface area contributed by atoms with Gasteiger partial charge in [0.25, 0.3) is 11.4 Å². The summed E-state index contributed by atoms with van der Waals surface area (Å²) in [5, 5.41) is 33.0. The number of nitro groups is 2. The minimum atomic E-state index is -0.907. The van der Waals surface area contributed by atoms with Crippen molar-refractivity contribution in [2.75, 3.05) is 64.7 Å². The molecule has 0 heterocycles. The fraction of sp³-hybridized carbons (Fsp3) is 0.588. The zero-order chi connectivity index (χ0) is 22.2. The zero-order valence-corrected chi connectivity index (χ0v) is 16.3. The van der Waals surface area contributed by atoms with E-state index < -0.39 is 15.8 Å². The normalized spacial score (nSPS) is 10.7. The molecule has 0 bridgehead atoms. The van der Waals surface area contributed by atoms with E-state index in [0.717, 1.165) is 6.07 Å². The highest BCUT2D eigenvalue weighted by atomic mass is 16.6. The Hall–Kier alpha value is -2.87. The van der Waals surface area contributed by atoms with Crippen LogP contribution in [0.25, 0.3) is 0 Å². The molecule has 0 aromatic heterocycles. The Morgan fingerprint density at radius 3 is 1.90 bits per heavy atom. The summed E-state index contributed by atoms with van der Waals surface area (Å²) < 4.78 is 20.9. The number of hydrogen-bond donors (Lipinski definition) is 2. The van der Waals surface area contributed by atoms with Crippen molar-refractivity contribution in [3.63, 3.8) is 0 Å². The largest absolute Gasteiger partial charge is 0.481 e. The van der Waals surface area contributed by atoms with E-state index in [1.807, 2.05) is 0 Å². The smallest absolute Gasteiger partial charge is 0.305 e. The average Bonchev–Trinajstić information content (AvgIpc) is 2.70. The van der Waals surface area contributed by atoms with Crippen molar-refractivity contribution in [2.24, 2.45) is 0 Å². The highest BCUT2D eigenvalue weighted by molar-refractivity contribution is 5.66. The quantitative estimate of drug-likeness (QED) is 0.196. The second kappa shape index (κ2) is 15.0. The number of anilines is 1. The third-order valence-electron chi connectivity index (χ3n) is 3.53. The van der Waals surface area contributed by atoms with Gasteiger partial charge in [0.2, 0.25) is 0 Å². The maximum Gasteiger partial charge on any atom is 0.305 e. The molecule has 0 spiro atoms. The number of ether oxygens (including phenoxy) is 4. The fourth-order valence-electron chi connectivity index (χ4n) is 2.11. The summed E-state index contributed by atoms with van der Waals surface area (Å²) in [5.74, 6) is -0.907. The number of hydrogen-bond acceptors (Lipinski definition) is 10. The van der Waals surface area contributed by atoms with Crippen LogP contribution in [0.15, 0.2) is 18.2 Å². The Labute approximate surface area is 172 Å². The van der Waals surface area contributed by atoms with Gasteiger partial charge < -0.3 is 29.4 Å². The van der Waals surface area contributed by atoms with Gasteiger partial charge in [-0.3, -0.25) is 25.0 Å². The molecule has 13 nitrogen and oxygen atoms in total. The number of non-ortho nitro benzene ring substituents is 1. The molecule has 1 aromatic carbocycles. The van der Waals surface area contributed by atoms with Crippen molar-refractivity contribution >= 4 is 23.0 Å². The first-order valence-corrected chi connectivity index (χ1v) is 9.11. The number of nitrogens with zero attached hydrogens (tertiary/aromatic N) is 2. The molecule has 0 saturated heterocycles. The Morgan fingerprint density at radius 2 is 1.40 bits per heavy atom. The van der Waals surface area contributed by atoms with E-state index in [-0.39, 0.29) is 43.2 Å². The van der Waals surface area contributed by atoms with E-state index in [2.05, 4.69) is 5.32 Å². The van der Waals surface area contributed by atoms with Crippen LogP contribution < -0.4 is 5.32 Å². The van der Waals surface area contributed by atoms with Crippen LogP contribution in [0.1, 0.15) is 6.42 Å². The number of nitrogens with one attached hydrogen (secondary N) is 1. The maximum absolute atomic E-state index is 11.0. The Balaban J connectivity index is 2.02. The van der Waals surface area contributed by atoms with Crippen LogP contribution >= 0.6 is 0 Å². The highest BCUT2D eigenvalue weighted by Crippen LogP contribution is 2.28. The van der Waals surface area contributed by atoms with E-state index in [1.54, 1.807) is 0 Å². The van der Waals surface area contributed by atoms with Crippen LogP contribution in [0.5, 0.6) is 0 Å². The van der Waals surface area contributed by atoms with Crippen LogP contribution in [0, 0.1) is 20.2 Å². The molecule has 0 aliphatic carbocycles. The third kappa shape index (κ3) is 11.2. The molecule has 2 N–H and O–H groups in total. The van der Waals surface area contributed by atoms with Gasteiger partial charge in [0.1, 0.15) is 5.69 Å². The van der Waals surface area contributed by atoms with Crippen LogP contribution in [0.3, 0.4) is 0 Å². The number of rotatable bonds is 18. The lowest BCUT2D eigenvalue weighted by molar-refractivity contribution is -0.393. The van der Waals surface area contributed by atoms with Crippen LogP contribution in [-0.2, 0) is 23.7 Å². The van der Waals surface area contributed by atoms with Crippen LogP contribution in [0.2, 0.25) is 0 Å². The molecule has 1 aromatic rings. The van der Waals surface area contributed by atoms with Gasteiger partial charge in [0.05, 0.1) is 75.2 Å². The number of carboxylic acids is 1. The van der Waals surface area contributed by atoms with Crippen molar-refractivity contribution in [3.05, 3.63) is 38.4 Å². The lowest BCUT2D eigenvalue weighted by Gasteiger charge is -2.09. The molecule has 0 atom stereocenters. The summed E-state index contributed by atoms with van der Waals surface area (Å²) in [6, 6.07) is 3.38. The van der Waals surface area contributed by atoms with E-state index in [0.29, 0.717) is 39.6 Å². The van der Waals surface area contributed by atoms with E-state index >= 15 is 0 Å². The zero-order valence-electron chi connectivity index (χ0n) is 16.3. The van der Waals surface area contributed by atoms with Crippen molar-refractivity contribution in [2.45, 2.75) is 6.42 Å². The topological polar surface area (TPSA) is 173 Å². The number of carbonyl (C=O) groups is 1. The minimum absolute atomic E-state index is 0.0383. The number of carboxylic acid groups (broad SMARTS) is 1. The van der Waals surface area contributed by atoms with Crippen molar-refractivity contribution < 1.29 is 38.7 Å². The molecule has 1 rings (SSSR count). The predicted octanol–water partition coefficient (Wildman–Crippen LogP) is 1.46. The van der Waals surface area contributed by atoms with Gasteiger partial charge in [-0.2, -0.15) is 0 Å². The van der Waals surface area contributed by atoms with Crippen LogP contribution in [0.4, 0.5) is 17.1 Å². The average molecular weight is 431 g/mol. The van der Waals surface area contributed by atoms with Gasteiger partial charge in [-0.15, -0.1) is 0 Å². The first-order valence-electron chi connectivity index (χ1n) is 9.11. The summed E-state index contributed by atoms with van der Waals surface area (Å²) in [4.78, 5) is 30.6. The van der Waals surface area contributed by atoms with Gasteiger partial charge in [-0.25, -0.2) is 0 Å². The Morgan fingerprint density at radius 1 is 0.867 bits per heavy atom. The van der Waals surface area contributed by atoms with Gasteiger partial charge in [-0.1, -0.05) is 0 Å². The summed E-state index contributed by atoms with van der Waals surface area (Å²) in [5.41, 5.74) is -0.551. The van der Waals surface area contributed by atoms with Gasteiger partial charge in [-0.05, 0) is 6.07 Å². The molecular weight excluding hydrogens is 406 g/mol. The highest BCUT2D eigenvalue weighted by Gasteiger charge is 2.18. The number of benzene rings is 1. The fourth-order valence-corrected chi connectivity index (χ4v) is 2.11. The second-order valence-electron chi connectivity index (χ2n) is 5.74. The van der Waals surface area contributed by atoms with Crippen molar-refractivity contribution in [1.29, 1.82) is 0 Å². The summed E-state index contributed by atoms with van der Waals surface area (Å²) in [6.45, 7) is 2.76. The monoisotopic (exact) mass is 431 g/mol. The second-order valence-corrected chi connectivity index (χ2v) is 5.74. The minimum Gasteiger partial charge on any atom is -0.481 e. The molecule has 168 valence electrons. The Bertz CT molecular complexity index is 686. The molecule has 0 unspecified atom stereocenters. The molecule has 0 radical (unpaired) electrons. The first-order chi connectivity index (χ1) is 14.4. The van der Waals surface area contributed by atoms with Crippen LogP contribution in [-0.4, -0.2) is 80.3 Å². The number of nitro benzene ring substituents is 2. The van der Waals surface area contributed by atoms with Gasteiger partial charge in [0.15, 0.2) is 0 Å². The van der Waals surface area contributed by atoms with Crippen molar-refractivity contribution in [1.82, 2.24) is 0 Å². The molecule has 0 fully saturated rings. The SMILES string of the molecule is O=C(O)CCOCCOCCOCCOCCNc1ccc([N+](=O)[O-])cc1[N+](=O)[O-]. The maximum atomic E-state index is 11.0. The standard InChI is InChI=1S/C17H25N3O10/c21-17(22)3-5-27-7-9-29-11-12-30-10-8-28-6-4-18-15-2-1-14(19(23)24)13-16(15)20(25)26/h1-2,13,18H,3-12H2,(H,21,22). The lowest BCUT2D eigenvalue weighted by Crippen LogP contribution is -2.15. The summed E-state index contributed by atoms with van der Waals surface area (Å²) >= 11 is 0. The molecular formula is C17H25N3O10.